The lowest BCUT2D eigenvalue weighted by Gasteiger charge is -2.10. The lowest BCUT2D eigenvalue weighted by atomic mass is 10.3. The summed E-state index contributed by atoms with van der Waals surface area (Å²) in [5.74, 6) is 1.65. The van der Waals surface area contributed by atoms with Crippen molar-refractivity contribution in [2.24, 2.45) is 0 Å². The van der Waals surface area contributed by atoms with E-state index in [1.165, 1.54) is 11.8 Å². The molecular weight excluding hydrogens is 371 g/mol. The molecule has 4 nitrogen and oxygen atoms in total. The Bertz CT molecular complexity index is 562. The molecule has 0 spiro atoms. The highest BCUT2D eigenvalue weighted by Crippen LogP contribution is 2.24. The number of thioether (sulfide) groups is 1. The molecule has 6 heteroatoms. The Kier molecular flexibility index (Phi) is 5.26. The SMILES string of the molecule is CCNc1cc(Nc2ccccc2I)nc(SC)n1. The molecule has 0 atom stereocenters. The van der Waals surface area contributed by atoms with Crippen molar-refractivity contribution >= 4 is 51.7 Å². The maximum atomic E-state index is 4.47. The fourth-order valence-electron chi connectivity index (χ4n) is 1.55. The Labute approximate surface area is 131 Å². The van der Waals surface area contributed by atoms with Gasteiger partial charge in [0.1, 0.15) is 11.6 Å². The molecule has 0 unspecified atom stereocenters. The molecule has 0 bridgehead atoms. The predicted molar refractivity (Wildman–Crippen MR) is 90.4 cm³/mol. The number of nitrogens with one attached hydrogen (secondary N) is 2. The Morgan fingerprint density at radius 1 is 1.21 bits per heavy atom. The van der Waals surface area contributed by atoms with E-state index in [9.17, 15) is 0 Å². The van der Waals surface area contributed by atoms with E-state index in [2.05, 4.69) is 49.3 Å². The van der Waals surface area contributed by atoms with Crippen molar-refractivity contribution < 1.29 is 0 Å². The van der Waals surface area contributed by atoms with Crippen LogP contribution in [0.15, 0.2) is 35.5 Å². The standard InChI is InChI=1S/C13H15IN4S/c1-3-15-11-8-12(18-13(17-11)19-2)16-10-7-5-4-6-9(10)14/h4-8H,3H2,1-2H3,(H2,15,16,17,18). The number of hydrogen-bond donors (Lipinski definition) is 2. The molecule has 0 saturated heterocycles. The summed E-state index contributed by atoms with van der Waals surface area (Å²) in [5.41, 5.74) is 1.05. The van der Waals surface area contributed by atoms with Crippen LogP contribution < -0.4 is 10.6 Å². The first kappa shape index (κ1) is 14.4. The van der Waals surface area contributed by atoms with Crippen molar-refractivity contribution in [1.29, 1.82) is 0 Å². The molecular formula is C13H15IN4S. The molecule has 0 amide bonds. The van der Waals surface area contributed by atoms with Crippen LogP contribution in [0.1, 0.15) is 6.92 Å². The second-order valence-corrected chi connectivity index (χ2v) is 5.70. The third kappa shape index (κ3) is 3.97. The average Bonchev–Trinajstić information content (AvgIpc) is 2.41. The van der Waals surface area contributed by atoms with Gasteiger partial charge in [0.05, 0.1) is 5.69 Å². The predicted octanol–water partition coefficient (Wildman–Crippen LogP) is 3.98. The van der Waals surface area contributed by atoms with Gasteiger partial charge < -0.3 is 10.6 Å². The van der Waals surface area contributed by atoms with Crippen LogP contribution in [0, 0.1) is 3.57 Å². The first-order valence-electron chi connectivity index (χ1n) is 5.91. The molecule has 2 N–H and O–H groups in total. The van der Waals surface area contributed by atoms with E-state index in [1.807, 2.05) is 37.4 Å². The summed E-state index contributed by atoms with van der Waals surface area (Å²) in [7, 11) is 0. The number of anilines is 3. The van der Waals surface area contributed by atoms with Crippen molar-refractivity contribution in [2.45, 2.75) is 12.1 Å². The van der Waals surface area contributed by atoms with Crippen molar-refractivity contribution in [3.8, 4) is 0 Å². The number of para-hydroxylation sites is 1. The van der Waals surface area contributed by atoms with Crippen LogP contribution in [-0.2, 0) is 0 Å². The molecule has 0 saturated carbocycles. The molecule has 2 rings (SSSR count). The van der Waals surface area contributed by atoms with Gasteiger partial charge in [-0.2, -0.15) is 0 Å². The van der Waals surface area contributed by atoms with Gasteiger partial charge in [-0.15, -0.1) is 0 Å². The van der Waals surface area contributed by atoms with Crippen molar-refractivity contribution in [1.82, 2.24) is 9.97 Å². The summed E-state index contributed by atoms with van der Waals surface area (Å²) in [6.45, 7) is 2.89. The quantitative estimate of drug-likeness (QED) is 0.463. The second kappa shape index (κ2) is 6.95. The minimum absolute atomic E-state index is 0.756. The first-order chi connectivity index (χ1) is 9.22. The van der Waals surface area contributed by atoms with E-state index in [0.29, 0.717) is 0 Å². The van der Waals surface area contributed by atoms with E-state index in [0.717, 1.165) is 32.6 Å². The zero-order valence-electron chi connectivity index (χ0n) is 10.8. The monoisotopic (exact) mass is 386 g/mol. The van der Waals surface area contributed by atoms with Crippen LogP contribution in [0.4, 0.5) is 17.3 Å². The second-order valence-electron chi connectivity index (χ2n) is 3.76. The first-order valence-corrected chi connectivity index (χ1v) is 8.21. The summed E-state index contributed by atoms with van der Waals surface area (Å²) in [6.07, 6.45) is 1.97. The smallest absolute Gasteiger partial charge is 0.191 e. The van der Waals surface area contributed by atoms with Crippen LogP contribution >= 0.6 is 34.4 Å². The number of nitrogens with zero attached hydrogens (tertiary/aromatic N) is 2. The minimum atomic E-state index is 0.756. The number of rotatable bonds is 5. The summed E-state index contributed by atoms with van der Waals surface area (Å²) >= 11 is 3.84. The molecule has 0 aliphatic heterocycles. The summed E-state index contributed by atoms with van der Waals surface area (Å²) in [4.78, 5) is 8.87. The van der Waals surface area contributed by atoms with Crippen LogP contribution in [0.5, 0.6) is 0 Å². The van der Waals surface area contributed by atoms with Crippen LogP contribution in [0.2, 0.25) is 0 Å². The maximum absolute atomic E-state index is 4.47. The largest absolute Gasteiger partial charge is 0.370 e. The summed E-state index contributed by atoms with van der Waals surface area (Å²) in [5, 5.41) is 7.31. The van der Waals surface area contributed by atoms with E-state index < -0.39 is 0 Å². The Hall–Kier alpha value is -1.02. The average molecular weight is 386 g/mol. The lowest BCUT2D eigenvalue weighted by molar-refractivity contribution is 0.967. The molecule has 1 aromatic heterocycles. The van der Waals surface area contributed by atoms with E-state index in [-0.39, 0.29) is 0 Å². The molecule has 19 heavy (non-hydrogen) atoms. The fraction of sp³-hybridized carbons (Fsp3) is 0.231. The van der Waals surface area contributed by atoms with Gasteiger partial charge in [0.25, 0.3) is 0 Å². The third-order valence-corrected chi connectivity index (χ3v) is 3.87. The zero-order chi connectivity index (χ0) is 13.7. The molecule has 0 radical (unpaired) electrons. The third-order valence-electron chi connectivity index (χ3n) is 2.38. The van der Waals surface area contributed by atoms with Gasteiger partial charge in [0, 0.05) is 16.2 Å². The normalized spacial score (nSPS) is 10.3. The number of aromatic nitrogens is 2. The highest BCUT2D eigenvalue weighted by atomic mass is 127. The van der Waals surface area contributed by atoms with Gasteiger partial charge in [-0.1, -0.05) is 23.9 Å². The van der Waals surface area contributed by atoms with Gasteiger partial charge in [-0.25, -0.2) is 9.97 Å². The molecule has 0 aliphatic carbocycles. The van der Waals surface area contributed by atoms with Crippen LogP contribution in [-0.4, -0.2) is 22.8 Å². The zero-order valence-corrected chi connectivity index (χ0v) is 13.7. The van der Waals surface area contributed by atoms with E-state index >= 15 is 0 Å². The van der Waals surface area contributed by atoms with E-state index in [1.54, 1.807) is 0 Å². The highest BCUT2D eigenvalue weighted by molar-refractivity contribution is 14.1. The molecule has 0 aliphatic rings. The van der Waals surface area contributed by atoms with Gasteiger partial charge in [0.15, 0.2) is 5.16 Å². The van der Waals surface area contributed by atoms with Crippen LogP contribution in [0.25, 0.3) is 0 Å². The van der Waals surface area contributed by atoms with Gasteiger partial charge in [-0.3, -0.25) is 0 Å². The molecule has 100 valence electrons. The van der Waals surface area contributed by atoms with Gasteiger partial charge in [-0.05, 0) is 47.9 Å². The van der Waals surface area contributed by atoms with Crippen molar-refractivity contribution in [2.75, 3.05) is 23.4 Å². The lowest BCUT2D eigenvalue weighted by Crippen LogP contribution is -2.04. The topological polar surface area (TPSA) is 49.8 Å². The Morgan fingerprint density at radius 3 is 2.63 bits per heavy atom. The number of halogens is 1. The minimum Gasteiger partial charge on any atom is -0.370 e. The van der Waals surface area contributed by atoms with Crippen LogP contribution in [0.3, 0.4) is 0 Å². The fourth-order valence-corrected chi connectivity index (χ4v) is 2.45. The van der Waals surface area contributed by atoms with Gasteiger partial charge >= 0.3 is 0 Å². The number of benzene rings is 1. The van der Waals surface area contributed by atoms with Crippen molar-refractivity contribution in [3.63, 3.8) is 0 Å². The Morgan fingerprint density at radius 2 is 1.95 bits per heavy atom. The number of hydrogen-bond acceptors (Lipinski definition) is 5. The Balaban J connectivity index is 2.29. The van der Waals surface area contributed by atoms with Gasteiger partial charge in [0.2, 0.25) is 0 Å². The summed E-state index contributed by atoms with van der Waals surface area (Å²) < 4.78 is 1.16. The molecule has 1 aromatic carbocycles. The molecule has 1 heterocycles. The highest BCUT2D eigenvalue weighted by Gasteiger charge is 2.05. The maximum Gasteiger partial charge on any atom is 0.191 e. The molecule has 0 fully saturated rings. The molecule has 2 aromatic rings. The summed E-state index contributed by atoms with van der Waals surface area (Å²) in [6, 6.07) is 10.0. The van der Waals surface area contributed by atoms with E-state index in [4.69, 9.17) is 0 Å². The van der Waals surface area contributed by atoms with Crippen molar-refractivity contribution in [3.05, 3.63) is 33.9 Å².